The number of rotatable bonds is 4. The maximum atomic E-state index is 13.5. The van der Waals surface area contributed by atoms with Crippen LogP contribution in [0.4, 0.5) is 14.5 Å². The van der Waals surface area contributed by atoms with Gasteiger partial charge in [0.1, 0.15) is 11.6 Å². The highest BCUT2D eigenvalue weighted by Gasteiger charge is 2.08. The average Bonchev–Trinajstić information content (AvgIpc) is 2.40. The molecule has 3 N–H and O–H groups in total. The number of halogens is 3. The summed E-state index contributed by atoms with van der Waals surface area (Å²) in [6.45, 7) is 0.295. The number of hydrogen-bond acceptors (Lipinski definition) is 2. The molecule has 0 aromatic heterocycles. The van der Waals surface area contributed by atoms with Crippen LogP contribution in [0.25, 0.3) is 0 Å². The minimum atomic E-state index is -0.825. The van der Waals surface area contributed by atoms with Gasteiger partial charge in [-0.2, -0.15) is 0 Å². The first-order valence-corrected chi connectivity index (χ1v) is 6.12. The van der Waals surface area contributed by atoms with Crippen molar-refractivity contribution in [3.8, 4) is 0 Å². The van der Waals surface area contributed by atoms with Crippen LogP contribution in [0.5, 0.6) is 0 Å². The summed E-state index contributed by atoms with van der Waals surface area (Å²) in [6.07, 6.45) is 0. The maximum Gasteiger partial charge on any atom is 0.251 e. The van der Waals surface area contributed by atoms with Crippen LogP contribution in [0, 0.1) is 11.6 Å². The summed E-state index contributed by atoms with van der Waals surface area (Å²) >= 11 is 5.58. The van der Waals surface area contributed by atoms with E-state index in [0.29, 0.717) is 17.8 Å². The summed E-state index contributed by atoms with van der Waals surface area (Å²) in [5.74, 6) is -2.04. The molecular formula is C14H11ClF2N2O. The Hall–Kier alpha value is -2.14. The maximum absolute atomic E-state index is 13.5. The lowest BCUT2D eigenvalue weighted by Gasteiger charge is -2.08. The van der Waals surface area contributed by atoms with E-state index in [0.717, 1.165) is 6.07 Å². The molecule has 0 bridgehead atoms. The van der Waals surface area contributed by atoms with Crippen LogP contribution >= 0.6 is 11.6 Å². The van der Waals surface area contributed by atoms with Gasteiger partial charge in [0.25, 0.3) is 5.91 Å². The van der Waals surface area contributed by atoms with Gasteiger partial charge in [0, 0.05) is 12.2 Å². The van der Waals surface area contributed by atoms with Crippen LogP contribution in [0.15, 0.2) is 36.4 Å². The van der Waals surface area contributed by atoms with E-state index in [2.05, 4.69) is 5.32 Å². The molecule has 0 spiro atoms. The van der Waals surface area contributed by atoms with Crippen molar-refractivity contribution in [1.29, 1.82) is 0 Å². The minimum absolute atomic E-state index is 0.0469. The Bertz CT molecular complexity index is 662. The molecule has 0 heterocycles. The zero-order chi connectivity index (χ0) is 14.7. The van der Waals surface area contributed by atoms with Crippen molar-refractivity contribution >= 4 is 23.2 Å². The molecule has 2 rings (SSSR count). The van der Waals surface area contributed by atoms with Crippen molar-refractivity contribution in [3.63, 3.8) is 0 Å². The molecule has 3 nitrogen and oxygen atoms in total. The molecule has 0 aliphatic rings. The Morgan fingerprint density at radius 2 is 1.90 bits per heavy atom. The highest BCUT2D eigenvalue weighted by Crippen LogP contribution is 2.18. The third kappa shape index (κ3) is 3.24. The average molecular weight is 297 g/mol. The topological polar surface area (TPSA) is 55.1 Å². The number of benzene rings is 2. The second-order valence-corrected chi connectivity index (χ2v) is 4.57. The minimum Gasteiger partial charge on any atom is -0.381 e. The standard InChI is InChI=1S/C14H11ClF2N2O/c15-11-4-1-8(5-13(11)17)7-19-9-2-3-10(14(18)20)12(16)6-9/h1-6,19H,7H2,(H2,18,20). The van der Waals surface area contributed by atoms with E-state index in [1.54, 1.807) is 6.07 Å². The fourth-order valence-electron chi connectivity index (χ4n) is 1.68. The Labute approximate surface area is 119 Å². The quantitative estimate of drug-likeness (QED) is 0.909. The first kappa shape index (κ1) is 14.3. The lowest BCUT2D eigenvalue weighted by Crippen LogP contribution is -2.13. The predicted octanol–water partition coefficient (Wildman–Crippen LogP) is 3.33. The van der Waals surface area contributed by atoms with Crippen LogP contribution in [-0.4, -0.2) is 5.91 Å². The number of carbonyl (C=O) groups is 1. The summed E-state index contributed by atoms with van der Waals surface area (Å²) in [6, 6.07) is 8.38. The fraction of sp³-hybridized carbons (Fsp3) is 0.0714. The second-order valence-electron chi connectivity index (χ2n) is 4.16. The molecule has 0 saturated carbocycles. The molecule has 0 radical (unpaired) electrons. The molecule has 104 valence electrons. The van der Waals surface area contributed by atoms with E-state index in [1.165, 1.54) is 24.3 Å². The largest absolute Gasteiger partial charge is 0.381 e. The van der Waals surface area contributed by atoms with E-state index < -0.39 is 17.5 Å². The molecule has 2 aromatic rings. The zero-order valence-electron chi connectivity index (χ0n) is 10.3. The van der Waals surface area contributed by atoms with Crippen LogP contribution < -0.4 is 11.1 Å². The van der Waals surface area contributed by atoms with E-state index in [9.17, 15) is 13.6 Å². The number of primary amides is 1. The monoisotopic (exact) mass is 296 g/mol. The first-order chi connectivity index (χ1) is 9.47. The van der Waals surface area contributed by atoms with Gasteiger partial charge in [0.2, 0.25) is 0 Å². The first-order valence-electron chi connectivity index (χ1n) is 5.74. The van der Waals surface area contributed by atoms with Crippen molar-refractivity contribution in [2.24, 2.45) is 5.73 Å². The van der Waals surface area contributed by atoms with Gasteiger partial charge in [-0.25, -0.2) is 8.78 Å². The molecule has 0 unspecified atom stereocenters. The van der Waals surface area contributed by atoms with Crippen molar-refractivity contribution in [3.05, 3.63) is 64.2 Å². The van der Waals surface area contributed by atoms with Gasteiger partial charge in [-0.05, 0) is 35.9 Å². The van der Waals surface area contributed by atoms with Crippen LogP contribution in [-0.2, 0) is 6.54 Å². The van der Waals surface area contributed by atoms with Crippen molar-refractivity contribution < 1.29 is 13.6 Å². The third-order valence-corrected chi connectivity index (χ3v) is 3.02. The molecule has 2 aromatic carbocycles. The SMILES string of the molecule is NC(=O)c1ccc(NCc2ccc(Cl)c(F)c2)cc1F. The van der Waals surface area contributed by atoms with Gasteiger partial charge >= 0.3 is 0 Å². The third-order valence-electron chi connectivity index (χ3n) is 2.72. The molecule has 0 atom stereocenters. The lowest BCUT2D eigenvalue weighted by molar-refractivity contribution is 0.0996. The van der Waals surface area contributed by atoms with Gasteiger partial charge in [-0.15, -0.1) is 0 Å². The Balaban J connectivity index is 2.09. The smallest absolute Gasteiger partial charge is 0.251 e. The number of carbonyl (C=O) groups excluding carboxylic acids is 1. The summed E-state index contributed by atoms with van der Waals surface area (Å²) < 4.78 is 26.8. The van der Waals surface area contributed by atoms with Gasteiger partial charge < -0.3 is 11.1 Å². The molecule has 0 fully saturated rings. The molecule has 0 saturated heterocycles. The second kappa shape index (κ2) is 5.88. The molecular weight excluding hydrogens is 286 g/mol. The molecule has 0 aliphatic carbocycles. The van der Waals surface area contributed by atoms with Crippen LogP contribution in [0.3, 0.4) is 0 Å². The zero-order valence-corrected chi connectivity index (χ0v) is 11.0. The molecule has 6 heteroatoms. The predicted molar refractivity (Wildman–Crippen MR) is 73.7 cm³/mol. The molecule has 0 aliphatic heterocycles. The number of anilines is 1. The fourth-order valence-corrected chi connectivity index (χ4v) is 1.80. The summed E-state index contributed by atoms with van der Waals surface area (Å²) in [5, 5.41) is 2.96. The Kier molecular flexibility index (Phi) is 4.20. The van der Waals surface area contributed by atoms with Gasteiger partial charge in [0.05, 0.1) is 10.6 Å². The van der Waals surface area contributed by atoms with Crippen molar-refractivity contribution in [2.75, 3.05) is 5.32 Å². The Morgan fingerprint density at radius 3 is 2.50 bits per heavy atom. The van der Waals surface area contributed by atoms with E-state index >= 15 is 0 Å². The number of amides is 1. The highest BCUT2D eigenvalue weighted by atomic mass is 35.5. The lowest BCUT2D eigenvalue weighted by atomic mass is 10.1. The van der Waals surface area contributed by atoms with E-state index in [-0.39, 0.29) is 10.6 Å². The van der Waals surface area contributed by atoms with E-state index in [4.69, 9.17) is 17.3 Å². The summed E-state index contributed by atoms with van der Waals surface area (Å²) in [7, 11) is 0. The van der Waals surface area contributed by atoms with Crippen molar-refractivity contribution in [2.45, 2.75) is 6.54 Å². The summed E-state index contributed by atoms with van der Waals surface area (Å²) in [5.41, 5.74) is 5.95. The summed E-state index contributed by atoms with van der Waals surface area (Å²) in [4.78, 5) is 10.9. The normalized spacial score (nSPS) is 10.3. The molecule has 1 amide bonds. The number of hydrogen-bond donors (Lipinski definition) is 2. The number of nitrogens with two attached hydrogens (primary N) is 1. The molecule has 20 heavy (non-hydrogen) atoms. The van der Waals surface area contributed by atoms with Gasteiger partial charge in [-0.1, -0.05) is 17.7 Å². The van der Waals surface area contributed by atoms with Gasteiger partial charge in [0.15, 0.2) is 0 Å². The van der Waals surface area contributed by atoms with Crippen molar-refractivity contribution in [1.82, 2.24) is 0 Å². The van der Waals surface area contributed by atoms with Crippen LogP contribution in [0.2, 0.25) is 5.02 Å². The van der Waals surface area contributed by atoms with Gasteiger partial charge in [-0.3, -0.25) is 4.79 Å². The number of nitrogens with one attached hydrogen (secondary N) is 1. The Morgan fingerprint density at radius 1 is 1.15 bits per heavy atom. The van der Waals surface area contributed by atoms with Crippen LogP contribution in [0.1, 0.15) is 15.9 Å². The highest BCUT2D eigenvalue weighted by molar-refractivity contribution is 6.30. The van der Waals surface area contributed by atoms with E-state index in [1.807, 2.05) is 0 Å².